The predicted molar refractivity (Wildman–Crippen MR) is 65.9 cm³/mol. The zero-order chi connectivity index (χ0) is 14.6. The molecule has 7 nitrogen and oxygen atoms in total. The Kier molecular flexibility index (Phi) is 4.44. The molecule has 0 spiro atoms. The number of hydrogen-bond donors (Lipinski definition) is 2. The number of aliphatic hydroxyl groups is 1. The van der Waals surface area contributed by atoms with Crippen molar-refractivity contribution < 1.29 is 24.7 Å². The quantitative estimate of drug-likeness (QED) is 0.599. The second-order valence-corrected chi connectivity index (χ2v) is 4.70. The van der Waals surface area contributed by atoms with Gasteiger partial charge in [0, 0.05) is 6.07 Å². The first-order valence-electron chi connectivity index (χ1n) is 5.52. The molecular weight excluding hydrogens is 254 g/mol. The fourth-order valence-electron chi connectivity index (χ4n) is 1.24. The number of hydrogen-bond acceptors (Lipinski definition) is 5. The third-order valence-electron chi connectivity index (χ3n) is 2.57. The van der Waals surface area contributed by atoms with E-state index < -0.39 is 16.3 Å². The van der Waals surface area contributed by atoms with E-state index in [1.54, 1.807) is 0 Å². The van der Waals surface area contributed by atoms with E-state index in [9.17, 15) is 14.9 Å². The summed E-state index contributed by atoms with van der Waals surface area (Å²) in [5.41, 5.74) is -0.976. The van der Waals surface area contributed by atoms with Crippen LogP contribution in [0.3, 0.4) is 0 Å². The van der Waals surface area contributed by atoms with Gasteiger partial charge in [0.1, 0.15) is 6.61 Å². The number of nitrogens with zero attached hydrogens (tertiary/aromatic N) is 1. The number of carboxylic acids is 1. The normalized spacial score (nSPS) is 11.1. The van der Waals surface area contributed by atoms with E-state index >= 15 is 0 Å². The van der Waals surface area contributed by atoms with Gasteiger partial charge in [0.2, 0.25) is 0 Å². The summed E-state index contributed by atoms with van der Waals surface area (Å²) in [6.45, 7) is 2.42. The van der Waals surface area contributed by atoms with Gasteiger partial charge in [0.05, 0.1) is 16.9 Å². The van der Waals surface area contributed by atoms with Crippen LogP contribution in [0.25, 0.3) is 0 Å². The van der Waals surface area contributed by atoms with E-state index in [0.29, 0.717) is 5.56 Å². The van der Waals surface area contributed by atoms with Gasteiger partial charge < -0.3 is 14.9 Å². The van der Waals surface area contributed by atoms with Crippen LogP contribution >= 0.6 is 0 Å². The van der Waals surface area contributed by atoms with Gasteiger partial charge in [-0.3, -0.25) is 14.9 Å². The van der Waals surface area contributed by atoms with E-state index in [2.05, 4.69) is 0 Å². The lowest BCUT2D eigenvalue weighted by Crippen LogP contribution is -2.30. The third-order valence-corrected chi connectivity index (χ3v) is 2.57. The molecule has 0 aliphatic rings. The van der Waals surface area contributed by atoms with Crippen LogP contribution in [0.5, 0.6) is 5.75 Å². The zero-order valence-corrected chi connectivity index (χ0v) is 10.6. The number of aliphatic carboxylic acids is 1. The molecule has 0 saturated carbocycles. The summed E-state index contributed by atoms with van der Waals surface area (Å²) in [5, 5.41) is 28.8. The molecule has 0 heterocycles. The fourth-order valence-corrected chi connectivity index (χ4v) is 1.24. The van der Waals surface area contributed by atoms with Crippen molar-refractivity contribution in [2.75, 3.05) is 6.61 Å². The zero-order valence-electron chi connectivity index (χ0n) is 10.6. The lowest BCUT2D eigenvalue weighted by molar-refractivity contribution is -0.386. The van der Waals surface area contributed by atoms with Crippen molar-refractivity contribution in [3.63, 3.8) is 0 Å². The molecule has 0 bridgehead atoms. The van der Waals surface area contributed by atoms with E-state index in [4.69, 9.17) is 14.9 Å². The molecule has 0 atom stereocenters. The van der Waals surface area contributed by atoms with Crippen LogP contribution in [0, 0.1) is 15.5 Å². The first-order chi connectivity index (χ1) is 8.77. The van der Waals surface area contributed by atoms with Gasteiger partial charge in [-0.05, 0) is 31.5 Å². The topological polar surface area (TPSA) is 110 Å². The van der Waals surface area contributed by atoms with E-state index in [1.165, 1.54) is 32.0 Å². The number of aliphatic hydroxyl groups excluding tert-OH is 1. The Morgan fingerprint density at radius 2 is 2.11 bits per heavy atom. The monoisotopic (exact) mass is 269 g/mol. The largest absolute Gasteiger partial charge is 0.486 e. The average Bonchev–Trinajstić information content (AvgIpc) is 2.35. The lowest BCUT2D eigenvalue weighted by Gasteiger charge is -2.19. The SMILES string of the molecule is CC(C)(COc1cc(CO)ccc1[N+](=O)[O-])C(=O)O. The summed E-state index contributed by atoms with van der Waals surface area (Å²) in [5.74, 6) is -1.11. The van der Waals surface area contributed by atoms with Crippen molar-refractivity contribution in [3.05, 3.63) is 33.9 Å². The highest BCUT2D eigenvalue weighted by atomic mass is 16.6. The van der Waals surface area contributed by atoms with E-state index in [-0.39, 0.29) is 24.7 Å². The molecular formula is C12H15NO6. The Morgan fingerprint density at radius 1 is 1.47 bits per heavy atom. The molecule has 0 saturated heterocycles. The fraction of sp³-hybridized carbons (Fsp3) is 0.417. The van der Waals surface area contributed by atoms with Crippen LogP contribution < -0.4 is 4.74 Å². The van der Waals surface area contributed by atoms with Crippen molar-refractivity contribution in [2.45, 2.75) is 20.5 Å². The second-order valence-electron chi connectivity index (χ2n) is 4.70. The summed E-state index contributed by atoms with van der Waals surface area (Å²) in [6.07, 6.45) is 0. The number of carbonyl (C=O) groups is 1. The minimum atomic E-state index is -1.16. The minimum absolute atomic E-state index is 0.0501. The van der Waals surface area contributed by atoms with Gasteiger partial charge in [0.25, 0.3) is 0 Å². The number of nitro benzene ring substituents is 1. The highest BCUT2D eigenvalue weighted by Crippen LogP contribution is 2.29. The standard InChI is InChI=1S/C12H15NO6/c1-12(2,11(15)16)7-19-10-5-8(6-14)3-4-9(10)13(17)18/h3-5,14H,6-7H2,1-2H3,(H,15,16). The maximum absolute atomic E-state index is 10.9. The van der Waals surface area contributed by atoms with Crippen molar-refractivity contribution in [3.8, 4) is 5.75 Å². The molecule has 0 fully saturated rings. The molecule has 0 amide bonds. The van der Waals surface area contributed by atoms with Gasteiger partial charge in [-0.25, -0.2) is 0 Å². The van der Waals surface area contributed by atoms with Crippen LogP contribution in [0.2, 0.25) is 0 Å². The maximum atomic E-state index is 10.9. The number of benzene rings is 1. The van der Waals surface area contributed by atoms with Gasteiger partial charge in [-0.2, -0.15) is 0 Å². The minimum Gasteiger partial charge on any atom is -0.486 e. The first-order valence-corrected chi connectivity index (χ1v) is 5.52. The highest BCUT2D eigenvalue weighted by molar-refractivity contribution is 5.73. The molecule has 1 aromatic rings. The molecule has 0 aliphatic heterocycles. The summed E-state index contributed by atoms with van der Waals surface area (Å²) in [4.78, 5) is 21.1. The summed E-state index contributed by atoms with van der Waals surface area (Å²) >= 11 is 0. The summed E-state index contributed by atoms with van der Waals surface area (Å²) in [7, 11) is 0. The number of nitro groups is 1. The van der Waals surface area contributed by atoms with Crippen molar-refractivity contribution in [1.29, 1.82) is 0 Å². The second kappa shape index (κ2) is 5.66. The summed E-state index contributed by atoms with van der Waals surface area (Å²) < 4.78 is 5.23. The highest BCUT2D eigenvalue weighted by Gasteiger charge is 2.29. The van der Waals surface area contributed by atoms with Crippen LogP contribution in [0.15, 0.2) is 18.2 Å². The van der Waals surface area contributed by atoms with Gasteiger partial charge >= 0.3 is 11.7 Å². The molecule has 0 unspecified atom stereocenters. The lowest BCUT2D eigenvalue weighted by atomic mass is 9.95. The van der Waals surface area contributed by atoms with Gasteiger partial charge in [-0.15, -0.1) is 0 Å². The van der Waals surface area contributed by atoms with E-state index in [1.807, 2.05) is 0 Å². The summed E-state index contributed by atoms with van der Waals surface area (Å²) in [6, 6.07) is 3.96. The predicted octanol–water partition coefficient (Wildman–Crippen LogP) is 1.58. The van der Waals surface area contributed by atoms with Gasteiger partial charge in [0.15, 0.2) is 5.75 Å². The Labute approximate surface area is 109 Å². The average molecular weight is 269 g/mol. The molecule has 19 heavy (non-hydrogen) atoms. The smallest absolute Gasteiger partial charge is 0.312 e. The molecule has 104 valence electrons. The Balaban J connectivity index is 2.98. The molecule has 1 aromatic carbocycles. The molecule has 1 rings (SSSR count). The van der Waals surface area contributed by atoms with E-state index in [0.717, 1.165) is 0 Å². The number of carboxylic acid groups (broad SMARTS) is 1. The molecule has 0 aromatic heterocycles. The van der Waals surface area contributed by atoms with Crippen molar-refractivity contribution in [1.82, 2.24) is 0 Å². The Morgan fingerprint density at radius 3 is 2.58 bits per heavy atom. The van der Waals surface area contributed by atoms with Crippen LogP contribution in [0.4, 0.5) is 5.69 Å². The van der Waals surface area contributed by atoms with Crippen LogP contribution in [-0.2, 0) is 11.4 Å². The van der Waals surface area contributed by atoms with Crippen LogP contribution in [-0.4, -0.2) is 27.7 Å². The molecule has 0 aliphatic carbocycles. The van der Waals surface area contributed by atoms with Crippen molar-refractivity contribution in [2.24, 2.45) is 5.41 Å². The molecule has 0 radical (unpaired) electrons. The number of rotatable bonds is 6. The van der Waals surface area contributed by atoms with Crippen LogP contribution in [0.1, 0.15) is 19.4 Å². The Hall–Kier alpha value is -2.15. The molecule has 7 heteroatoms. The van der Waals surface area contributed by atoms with Gasteiger partial charge in [-0.1, -0.05) is 0 Å². The number of ether oxygens (including phenoxy) is 1. The Bertz CT molecular complexity index is 497. The molecule has 2 N–H and O–H groups in total. The first kappa shape index (κ1) is 14.9. The third kappa shape index (κ3) is 3.65. The van der Waals surface area contributed by atoms with Crippen molar-refractivity contribution >= 4 is 11.7 Å². The maximum Gasteiger partial charge on any atom is 0.312 e.